The first kappa shape index (κ1) is 14.0. The zero-order valence-electron chi connectivity index (χ0n) is 12.0. The van der Waals surface area contributed by atoms with Gasteiger partial charge in [-0.05, 0) is 30.7 Å². The second-order valence-electron chi connectivity index (χ2n) is 6.15. The largest absolute Gasteiger partial charge is 0.338 e. The number of hydrogen-bond donors (Lipinski definition) is 0. The Morgan fingerprint density at radius 1 is 1.19 bits per heavy atom. The number of piperidine rings is 1. The zero-order valence-corrected chi connectivity index (χ0v) is 12.0. The molecule has 1 heterocycles. The first-order valence-electron chi connectivity index (χ1n) is 7.69. The Balaban J connectivity index is 1.73. The van der Waals surface area contributed by atoms with Crippen LogP contribution in [0.5, 0.6) is 0 Å². The standard InChI is InChI=1S/C16H20N2O3/c19-16(13-6-3-7-15(10-13)18(20)21)17-9-8-12-4-1-2-5-14(12)11-17/h3,6-7,10,12,14H,1-2,4-5,8-9,11H2/t12-,14-/m0/s1. The van der Waals surface area contributed by atoms with E-state index in [1.165, 1.54) is 37.8 Å². The normalized spacial score (nSPS) is 25.2. The van der Waals surface area contributed by atoms with Crippen molar-refractivity contribution < 1.29 is 9.72 Å². The van der Waals surface area contributed by atoms with Gasteiger partial charge in [-0.3, -0.25) is 14.9 Å². The maximum Gasteiger partial charge on any atom is 0.270 e. The minimum atomic E-state index is -0.454. The monoisotopic (exact) mass is 288 g/mol. The minimum absolute atomic E-state index is 0.0200. The van der Waals surface area contributed by atoms with E-state index in [-0.39, 0.29) is 11.6 Å². The van der Waals surface area contributed by atoms with Crippen molar-refractivity contribution in [3.8, 4) is 0 Å². The van der Waals surface area contributed by atoms with Crippen LogP contribution in [0.3, 0.4) is 0 Å². The van der Waals surface area contributed by atoms with Crippen molar-refractivity contribution in [2.45, 2.75) is 32.1 Å². The molecule has 112 valence electrons. The van der Waals surface area contributed by atoms with E-state index in [1.54, 1.807) is 12.1 Å². The van der Waals surface area contributed by atoms with Crippen LogP contribution >= 0.6 is 0 Å². The third kappa shape index (κ3) is 2.91. The van der Waals surface area contributed by atoms with E-state index in [9.17, 15) is 14.9 Å². The SMILES string of the molecule is O=C(c1cccc([N+](=O)[O-])c1)N1CC[C@@H]2CCCC[C@H]2C1. The van der Waals surface area contributed by atoms with Crippen LogP contribution in [0.15, 0.2) is 24.3 Å². The Labute approximate surface area is 124 Å². The molecule has 1 aromatic rings. The van der Waals surface area contributed by atoms with Gasteiger partial charge >= 0.3 is 0 Å². The molecule has 2 aliphatic rings. The first-order chi connectivity index (χ1) is 10.1. The smallest absolute Gasteiger partial charge is 0.270 e. The summed E-state index contributed by atoms with van der Waals surface area (Å²) in [4.78, 5) is 24.8. The average molecular weight is 288 g/mol. The Bertz CT molecular complexity index is 558. The van der Waals surface area contributed by atoms with Crippen molar-refractivity contribution in [3.63, 3.8) is 0 Å². The van der Waals surface area contributed by atoms with Gasteiger partial charge in [-0.1, -0.05) is 25.3 Å². The maximum absolute atomic E-state index is 12.6. The molecule has 2 fully saturated rings. The van der Waals surface area contributed by atoms with Gasteiger partial charge in [0.1, 0.15) is 0 Å². The van der Waals surface area contributed by atoms with Crippen LogP contribution in [0.2, 0.25) is 0 Å². The summed E-state index contributed by atoms with van der Waals surface area (Å²) in [5.74, 6) is 1.32. The Morgan fingerprint density at radius 3 is 2.71 bits per heavy atom. The van der Waals surface area contributed by atoms with Crippen LogP contribution in [-0.2, 0) is 0 Å². The summed E-state index contributed by atoms with van der Waals surface area (Å²) in [6.07, 6.45) is 6.16. The number of rotatable bonds is 2. The van der Waals surface area contributed by atoms with E-state index in [1.807, 2.05) is 4.90 Å². The molecule has 1 saturated carbocycles. The Morgan fingerprint density at radius 2 is 1.95 bits per heavy atom. The van der Waals surface area contributed by atoms with Crippen molar-refractivity contribution in [3.05, 3.63) is 39.9 Å². The second-order valence-corrected chi connectivity index (χ2v) is 6.15. The lowest BCUT2D eigenvalue weighted by Gasteiger charge is -2.41. The van der Waals surface area contributed by atoms with Gasteiger partial charge in [-0.2, -0.15) is 0 Å². The number of nitro groups is 1. The number of nitro benzene ring substituents is 1. The lowest BCUT2D eigenvalue weighted by atomic mass is 9.75. The van der Waals surface area contributed by atoms with Gasteiger partial charge in [-0.15, -0.1) is 0 Å². The lowest BCUT2D eigenvalue weighted by molar-refractivity contribution is -0.384. The third-order valence-corrected chi connectivity index (χ3v) is 4.88. The van der Waals surface area contributed by atoms with Crippen LogP contribution in [-0.4, -0.2) is 28.8 Å². The van der Waals surface area contributed by atoms with Crippen molar-refractivity contribution >= 4 is 11.6 Å². The summed E-state index contributed by atoms with van der Waals surface area (Å²) in [5.41, 5.74) is 0.409. The van der Waals surface area contributed by atoms with E-state index in [2.05, 4.69) is 0 Å². The number of carbonyl (C=O) groups is 1. The van der Waals surface area contributed by atoms with E-state index < -0.39 is 4.92 Å². The predicted molar refractivity (Wildman–Crippen MR) is 79.1 cm³/mol. The fourth-order valence-electron chi connectivity index (χ4n) is 3.72. The molecular weight excluding hydrogens is 268 g/mol. The Hall–Kier alpha value is -1.91. The highest BCUT2D eigenvalue weighted by molar-refractivity contribution is 5.94. The summed E-state index contributed by atoms with van der Waals surface area (Å²) in [6.45, 7) is 1.59. The number of non-ortho nitro benzene ring substituents is 1. The van der Waals surface area contributed by atoms with Crippen molar-refractivity contribution in [2.24, 2.45) is 11.8 Å². The fraction of sp³-hybridized carbons (Fsp3) is 0.562. The molecule has 5 nitrogen and oxygen atoms in total. The molecule has 1 aliphatic heterocycles. The highest BCUT2D eigenvalue weighted by Gasteiger charge is 2.33. The number of benzene rings is 1. The molecule has 1 saturated heterocycles. The van der Waals surface area contributed by atoms with Crippen molar-refractivity contribution in [1.82, 2.24) is 4.90 Å². The minimum Gasteiger partial charge on any atom is -0.338 e. The number of amides is 1. The molecule has 21 heavy (non-hydrogen) atoms. The van der Waals surface area contributed by atoms with Crippen LogP contribution in [0, 0.1) is 22.0 Å². The molecule has 1 amide bonds. The van der Waals surface area contributed by atoms with Gasteiger partial charge in [0.05, 0.1) is 4.92 Å². The highest BCUT2D eigenvalue weighted by atomic mass is 16.6. The zero-order chi connectivity index (χ0) is 14.8. The third-order valence-electron chi connectivity index (χ3n) is 4.88. The summed E-state index contributed by atoms with van der Waals surface area (Å²) < 4.78 is 0. The number of likely N-dealkylation sites (tertiary alicyclic amines) is 1. The molecule has 1 aliphatic carbocycles. The van der Waals surface area contributed by atoms with Crippen LogP contribution in [0.4, 0.5) is 5.69 Å². The number of hydrogen-bond acceptors (Lipinski definition) is 3. The van der Waals surface area contributed by atoms with Gasteiger partial charge in [0, 0.05) is 30.8 Å². The van der Waals surface area contributed by atoms with Gasteiger partial charge in [0.25, 0.3) is 11.6 Å². The van der Waals surface area contributed by atoms with Crippen molar-refractivity contribution in [1.29, 1.82) is 0 Å². The van der Waals surface area contributed by atoms with E-state index in [0.29, 0.717) is 11.5 Å². The highest BCUT2D eigenvalue weighted by Crippen LogP contribution is 2.36. The predicted octanol–water partition coefficient (Wildman–Crippen LogP) is 3.25. The quantitative estimate of drug-likeness (QED) is 0.620. The van der Waals surface area contributed by atoms with E-state index >= 15 is 0 Å². The molecule has 0 N–H and O–H groups in total. The molecule has 3 rings (SSSR count). The number of nitrogens with zero attached hydrogens (tertiary/aromatic N) is 2. The summed E-state index contributed by atoms with van der Waals surface area (Å²) in [5, 5.41) is 10.8. The number of fused-ring (bicyclic) bond motifs is 1. The van der Waals surface area contributed by atoms with E-state index in [4.69, 9.17) is 0 Å². The summed E-state index contributed by atoms with van der Waals surface area (Å²) >= 11 is 0. The van der Waals surface area contributed by atoms with Crippen LogP contribution in [0.25, 0.3) is 0 Å². The summed E-state index contributed by atoms with van der Waals surface area (Å²) in [6, 6.07) is 6.06. The molecule has 0 radical (unpaired) electrons. The van der Waals surface area contributed by atoms with Crippen LogP contribution < -0.4 is 0 Å². The Kier molecular flexibility index (Phi) is 3.90. The van der Waals surface area contributed by atoms with Gasteiger partial charge in [0.15, 0.2) is 0 Å². The number of carbonyl (C=O) groups excluding carboxylic acids is 1. The second kappa shape index (κ2) is 5.84. The van der Waals surface area contributed by atoms with E-state index in [0.717, 1.165) is 25.4 Å². The fourth-order valence-corrected chi connectivity index (χ4v) is 3.72. The molecule has 5 heteroatoms. The molecule has 0 unspecified atom stereocenters. The first-order valence-corrected chi connectivity index (χ1v) is 7.69. The molecule has 0 bridgehead atoms. The van der Waals surface area contributed by atoms with Gasteiger partial charge in [-0.25, -0.2) is 0 Å². The molecule has 2 atom stereocenters. The van der Waals surface area contributed by atoms with Gasteiger partial charge in [0.2, 0.25) is 0 Å². The molecular formula is C16H20N2O3. The van der Waals surface area contributed by atoms with Crippen molar-refractivity contribution in [2.75, 3.05) is 13.1 Å². The summed E-state index contributed by atoms with van der Waals surface area (Å²) in [7, 11) is 0. The topological polar surface area (TPSA) is 63.4 Å². The average Bonchev–Trinajstić information content (AvgIpc) is 2.53. The molecule has 0 spiro atoms. The maximum atomic E-state index is 12.6. The van der Waals surface area contributed by atoms with Crippen LogP contribution in [0.1, 0.15) is 42.5 Å². The molecule has 0 aromatic heterocycles. The molecule has 1 aromatic carbocycles. The van der Waals surface area contributed by atoms with Gasteiger partial charge < -0.3 is 4.90 Å². The lowest BCUT2D eigenvalue weighted by Crippen LogP contribution is -2.44.